The van der Waals surface area contributed by atoms with Crippen LogP contribution in [0.1, 0.15) is 30.1 Å². The van der Waals surface area contributed by atoms with Gasteiger partial charge in [-0.15, -0.1) is 23.7 Å². The van der Waals surface area contributed by atoms with Crippen LogP contribution in [-0.2, 0) is 10.8 Å². The SMILES string of the molecule is CCCCN(C)C(=O)Oc1ccc(Cl)cc1C(=O)Nc1nc(S(C)=O)cs1.Cl. The van der Waals surface area contributed by atoms with E-state index in [1.165, 1.54) is 29.4 Å². The van der Waals surface area contributed by atoms with Crippen LogP contribution in [0.5, 0.6) is 5.75 Å². The van der Waals surface area contributed by atoms with Crippen molar-refractivity contribution in [1.82, 2.24) is 9.88 Å². The lowest BCUT2D eigenvalue weighted by atomic mass is 10.2. The number of nitrogens with zero attached hydrogens (tertiary/aromatic N) is 2. The van der Waals surface area contributed by atoms with Crippen molar-refractivity contribution >= 4 is 63.3 Å². The fourth-order valence-corrected chi connectivity index (χ4v) is 3.74. The Hall–Kier alpha value is -1.68. The summed E-state index contributed by atoms with van der Waals surface area (Å²) in [7, 11) is 0.395. The van der Waals surface area contributed by atoms with E-state index in [9.17, 15) is 13.8 Å². The summed E-state index contributed by atoms with van der Waals surface area (Å²) < 4.78 is 16.8. The molecule has 1 aromatic carbocycles. The number of hydrogen-bond acceptors (Lipinski definition) is 6. The van der Waals surface area contributed by atoms with Crippen molar-refractivity contribution in [2.24, 2.45) is 0 Å². The first-order valence-corrected chi connectivity index (χ1v) is 11.0. The summed E-state index contributed by atoms with van der Waals surface area (Å²) in [5, 5.41) is 5.21. The van der Waals surface area contributed by atoms with Gasteiger partial charge in [-0.25, -0.2) is 9.78 Å². The van der Waals surface area contributed by atoms with Gasteiger partial charge >= 0.3 is 6.09 Å². The number of ether oxygens (including phenoxy) is 1. The van der Waals surface area contributed by atoms with Crippen LogP contribution in [-0.4, -0.2) is 45.9 Å². The van der Waals surface area contributed by atoms with Crippen LogP contribution in [0.25, 0.3) is 0 Å². The third-order valence-corrected chi connectivity index (χ3v) is 5.48. The van der Waals surface area contributed by atoms with Crippen molar-refractivity contribution in [3.8, 4) is 5.75 Å². The number of unbranched alkanes of at least 4 members (excludes halogenated alkanes) is 1. The lowest BCUT2D eigenvalue weighted by Crippen LogP contribution is -2.31. The number of anilines is 1. The normalized spacial score (nSPS) is 11.3. The van der Waals surface area contributed by atoms with Crippen LogP contribution in [0.15, 0.2) is 28.6 Å². The minimum Gasteiger partial charge on any atom is -0.409 e. The van der Waals surface area contributed by atoms with Gasteiger partial charge in [0.1, 0.15) is 10.8 Å². The van der Waals surface area contributed by atoms with Gasteiger partial charge in [0, 0.05) is 30.3 Å². The van der Waals surface area contributed by atoms with E-state index in [1.54, 1.807) is 12.4 Å². The zero-order valence-corrected chi connectivity index (χ0v) is 18.8. The molecule has 0 aliphatic heterocycles. The second kappa shape index (κ2) is 11.4. The number of benzene rings is 1. The molecule has 1 heterocycles. The van der Waals surface area contributed by atoms with Gasteiger partial charge in [0.2, 0.25) is 0 Å². The largest absolute Gasteiger partial charge is 0.414 e. The third kappa shape index (κ3) is 6.73. The highest BCUT2D eigenvalue weighted by molar-refractivity contribution is 7.84. The number of nitrogens with one attached hydrogen (secondary N) is 1. The summed E-state index contributed by atoms with van der Waals surface area (Å²) in [5.41, 5.74) is 0.106. The topological polar surface area (TPSA) is 88.6 Å². The van der Waals surface area contributed by atoms with Crippen LogP contribution < -0.4 is 10.1 Å². The van der Waals surface area contributed by atoms with Crippen molar-refractivity contribution < 1.29 is 18.5 Å². The van der Waals surface area contributed by atoms with Gasteiger partial charge < -0.3 is 9.64 Å². The van der Waals surface area contributed by atoms with Gasteiger partial charge in [0.15, 0.2) is 5.13 Å². The highest BCUT2D eigenvalue weighted by atomic mass is 35.5. The predicted octanol–water partition coefficient (Wildman–Crippen LogP) is 4.44. The van der Waals surface area contributed by atoms with E-state index in [4.69, 9.17) is 16.3 Å². The van der Waals surface area contributed by atoms with Crippen LogP contribution >= 0.6 is 35.3 Å². The number of halogens is 2. The van der Waals surface area contributed by atoms with E-state index in [0.717, 1.165) is 24.2 Å². The lowest BCUT2D eigenvalue weighted by molar-refractivity contribution is 0.102. The number of thiazole rings is 1. The summed E-state index contributed by atoms with van der Waals surface area (Å²) in [6.45, 7) is 2.58. The molecule has 0 fully saturated rings. The molecule has 2 rings (SSSR count). The molecular weight excluding hydrogens is 445 g/mol. The molecule has 2 aromatic rings. The van der Waals surface area contributed by atoms with Gasteiger partial charge in [-0.1, -0.05) is 24.9 Å². The number of carbonyl (C=O) groups is 2. The van der Waals surface area contributed by atoms with Crippen LogP contribution in [0.3, 0.4) is 0 Å². The fourth-order valence-electron chi connectivity index (χ4n) is 2.04. The van der Waals surface area contributed by atoms with Crippen molar-refractivity contribution in [3.05, 3.63) is 34.2 Å². The van der Waals surface area contributed by atoms with Gasteiger partial charge in [-0.05, 0) is 24.6 Å². The standard InChI is InChI=1S/C17H20ClN3O4S2.ClH/c1-4-5-8-21(2)17(23)25-13-7-6-11(18)9-12(13)15(22)20-16-19-14(10-26-16)27(3)24;/h6-7,9-10H,4-5,8H2,1-3H3,(H,19,20,22);1H. The zero-order valence-electron chi connectivity index (χ0n) is 15.6. The number of aromatic nitrogens is 1. The molecule has 0 radical (unpaired) electrons. The first-order valence-electron chi connectivity index (χ1n) is 8.14. The van der Waals surface area contributed by atoms with Gasteiger partial charge in [0.25, 0.3) is 5.91 Å². The molecule has 0 aliphatic rings. The molecule has 0 saturated heterocycles. The molecule has 0 aliphatic carbocycles. The molecule has 154 valence electrons. The highest BCUT2D eigenvalue weighted by Crippen LogP contribution is 2.26. The van der Waals surface area contributed by atoms with Crippen LogP contribution in [0, 0.1) is 0 Å². The van der Waals surface area contributed by atoms with Crippen LogP contribution in [0.2, 0.25) is 5.02 Å². The van der Waals surface area contributed by atoms with E-state index < -0.39 is 22.8 Å². The molecule has 1 N–H and O–H groups in total. The monoisotopic (exact) mass is 465 g/mol. The molecule has 1 unspecified atom stereocenters. The summed E-state index contributed by atoms with van der Waals surface area (Å²) >= 11 is 7.15. The van der Waals surface area contributed by atoms with E-state index in [1.807, 2.05) is 6.92 Å². The van der Waals surface area contributed by atoms with Gasteiger partial charge in [0.05, 0.1) is 16.4 Å². The Kier molecular flexibility index (Phi) is 9.88. The average Bonchev–Trinajstić information content (AvgIpc) is 3.09. The summed E-state index contributed by atoms with van der Waals surface area (Å²) in [6.07, 6.45) is 2.75. The Morgan fingerprint density at radius 3 is 2.71 bits per heavy atom. The smallest absolute Gasteiger partial charge is 0.409 e. The van der Waals surface area contributed by atoms with Crippen molar-refractivity contribution in [1.29, 1.82) is 0 Å². The lowest BCUT2D eigenvalue weighted by Gasteiger charge is -2.17. The Morgan fingerprint density at radius 2 is 2.11 bits per heavy atom. The van der Waals surface area contributed by atoms with Gasteiger partial charge in [-0.3, -0.25) is 14.3 Å². The molecule has 11 heteroatoms. The Labute approximate surface area is 181 Å². The molecule has 2 amide bonds. The van der Waals surface area contributed by atoms with E-state index >= 15 is 0 Å². The minimum absolute atomic E-state index is 0. The van der Waals surface area contributed by atoms with Crippen LogP contribution in [0.4, 0.5) is 9.93 Å². The van der Waals surface area contributed by atoms with E-state index in [0.29, 0.717) is 21.7 Å². The summed E-state index contributed by atoms with van der Waals surface area (Å²) in [6, 6.07) is 4.42. The van der Waals surface area contributed by atoms with Gasteiger partial charge in [-0.2, -0.15) is 0 Å². The maximum Gasteiger partial charge on any atom is 0.414 e. The number of carbonyl (C=O) groups excluding carboxylic acids is 2. The zero-order chi connectivity index (χ0) is 20.0. The average molecular weight is 466 g/mol. The predicted molar refractivity (Wildman–Crippen MR) is 115 cm³/mol. The number of hydrogen-bond donors (Lipinski definition) is 1. The summed E-state index contributed by atoms with van der Waals surface area (Å²) in [4.78, 5) is 30.4. The molecule has 0 spiro atoms. The first kappa shape index (κ1) is 24.4. The first-order chi connectivity index (χ1) is 12.8. The Balaban J connectivity index is 0.00000392. The molecule has 1 atom stereocenters. The minimum atomic E-state index is -1.24. The fraction of sp³-hybridized carbons (Fsp3) is 0.353. The molecule has 0 bridgehead atoms. The number of amides is 2. The summed E-state index contributed by atoms with van der Waals surface area (Å²) in [5.74, 6) is -0.430. The second-order valence-electron chi connectivity index (χ2n) is 5.68. The molecular formula is C17H21Cl2N3O4S2. The maximum atomic E-state index is 12.6. The third-order valence-electron chi connectivity index (χ3n) is 3.54. The van der Waals surface area contributed by atoms with Crippen molar-refractivity contribution in [2.75, 3.05) is 25.2 Å². The van der Waals surface area contributed by atoms with E-state index in [2.05, 4.69) is 10.3 Å². The highest BCUT2D eigenvalue weighted by Gasteiger charge is 2.19. The molecule has 1 aromatic heterocycles. The molecule has 28 heavy (non-hydrogen) atoms. The molecule has 0 saturated carbocycles. The van der Waals surface area contributed by atoms with Crippen molar-refractivity contribution in [3.63, 3.8) is 0 Å². The van der Waals surface area contributed by atoms with E-state index in [-0.39, 0.29) is 23.7 Å². The second-order valence-corrected chi connectivity index (χ2v) is 8.30. The number of rotatable bonds is 7. The van der Waals surface area contributed by atoms with Crippen molar-refractivity contribution in [2.45, 2.75) is 24.8 Å². The molecule has 7 nitrogen and oxygen atoms in total. The Bertz CT molecular complexity index is 861. The Morgan fingerprint density at radius 1 is 1.39 bits per heavy atom. The maximum absolute atomic E-state index is 12.6. The quantitative estimate of drug-likeness (QED) is 0.652.